The zero-order valence-electron chi connectivity index (χ0n) is 11.3. The van der Waals surface area contributed by atoms with E-state index in [0.717, 1.165) is 5.56 Å². The van der Waals surface area contributed by atoms with Crippen LogP contribution in [0.2, 0.25) is 0 Å². The first-order valence-electron chi connectivity index (χ1n) is 6.41. The molecule has 2 rings (SSSR count). The molecular weight excluding hydrogens is 252 g/mol. The van der Waals surface area contributed by atoms with E-state index in [4.69, 9.17) is 4.42 Å². The van der Waals surface area contributed by atoms with Gasteiger partial charge in [-0.2, -0.15) is 5.26 Å². The summed E-state index contributed by atoms with van der Waals surface area (Å²) in [6.45, 7) is 0.374. The van der Waals surface area contributed by atoms with E-state index in [2.05, 4.69) is 6.07 Å². The summed E-state index contributed by atoms with van der Waals surface area (Å²) in [5.41, 5.74) is 0.985. The van der Waals surface area contributed by atoms with E-state index in [1.807, 2.05) is 36.4 Å². The van der Waals surface area contributed by atoms with Crippen molar-refractivity contribution in [1.29, 1.82) is 5.26 Å². The van der Waals surface area contributed by atoms with E-state index in [-0.39, 0.29) is 5.91 Å². The zero-order valence-corrected chi connectivity index (χ0v) is 11.3. The molecule has 0 saturated carbocycles. The van der Waals surface area contributed by atoms with E-state index >= 15 is 0 Å². The molecule has 102 valence electrons. The van der Waals surface area contributed by atoms with Crippen LogP contribution in [-0.2, 0) is 17.8 Å². The van der Waals surface area contributed by atoms with Crippen molar-refractivity contribution in [3.8, 4) is 6.07 Å². The van der Waals surface area contributed by atoms with Gasteiger partial charge in [0.1, 0.15) is 11.7 Å². The Balaban J connectivity index is 2.00. The van der Waals surface area contributed by atoms with Gasteiger partial charge in [-0.15, -0.1) is 0 Å². The van der Waals surface area contributed by atoms with Crippen LogP contribution in [-0.4, -0.2) is 17.9 Å². The van der Waals surface area contributed by atoms with Crippen molar-refractivity contribution < 1.29 is 9.21 Å². The molecule has 1 aromatic heterocycles. The molecule has 0 fully saturated rings. The summed E-state index contributed by atoms with van der Waals surface area (Å²) in [6, 6.07) is 15.2. The summed E-state index contributed by atoms with van der Waals surface area (Å²) >= 11 is 0. The highest BCUT2D eigenvalue weighted by Gasteiger charge is 2.22. The summed E-state index contributed by atoms with van der Waals surface area (Å²) < 4.78 is 5.21. The number of furan rings is 1. The molecular formula is C16H16N2O2. The quantitative estimate of drug-likeness (QED) is 0.837. The minimum absolute atomic E-state index is 0.187. The van der Waals surface area contributed by atoms with E-state index < -0.39 is 5.92 Å². The lowest BCUT2D eigenvalue weighted by Crippen LogP contribution is -2.32. The monoisotopic (exact) mass is 268 g/mol. The van der Waals surface area contributed by atoms with Gasteiger partial charge in [0.05, 0.1) is 18.9 Å². The van der Waals surface area contributed by atoms with Crippen LogP contribution < -0.4 is 0 Å². The molecule has 0 bridgehead atoms. The predicted molar refractivity (Wildman–Crippen MR) is 74.4 cm³/mol. The average molecular weight is 268 g/mol. The molecule has 1 aromatic carbocycles. The van der Waals surface area contributed by atoms with Crippen LogP contribution in [0.25, 0.3) is 0 Å². The Labute approximate surface area is 118 Å². The van der Waals surface area contributed by atoms with E-state index in [0.29, 0.717) is 18.7 Å². The number of benzene rings is 1. The van der Waals surface area contributed by atoms with E-state index in [1.165, 1.54) is 4.90 Å². The van der Waals surface area contributed by atoms with Crippen molar-refractivity contribution in [2.75, 3.05) is 7.05 Å². The van der Waals surface area contributed by atoms with Gasteiger partial charge in [-0.05, 0) is 24.1 Å². The molecule has 0 aliphatic carbocycles. The molecule has 4 nitrogen and oxygen atoms in total. The van der Waals surface area contributed by atoms with Crippen LogP contribution in [0.5, 0.6) is 0 Å². The van der Waals surface area contributed by atoms with E-state index in [1.54, 1.807) is 19.4 Å². The van der Waals surface area contributed by atoms with Crippen molar-refractivity contribution in [2.24, 2.45) is 5.92 Å². The maximum Gasteiger partial charge on any atom is 0.240 e. The van der Waals surface area contributed by atoms with Gasteiger partial charge in [0.25, 0.3) is 0 Å². The first-order valence-corrected chi connectivity index (χ1v) is 6.41. The fourth-order valence-corrected chi connectivity index (χ4v) is 2.02. The van der Waals surface area contributed by atoms with Crippen LogP contribution in [0.3, 0.4) is 0 Å². The second-order valence-electron chi connectivity index (χ2n) is 4.65. The lowest BCUT2D eigenvalue weighted by atomic mass is 9.99. The van der Waals surface area contributed by atoms with Gasteiger partial charge in [-0.1, -0.05) is 30.3 Å². The highest BCUT2D eigenvalue weighted by Crippen LogP contribution is 2.13. The number of carbonyl (C=O) groups is 1. The summed E-state index contributed by atoms with van der Waals surface area (Å²) in [5.74, 6) is -0.151. The molecule has 0 spiro atoms. The normalized spacial score (nSPS) is 11.6. The molecule has 4 heteroatoms. The molecule has 0 radical (unpaired) electrons. The number of carbonyl (C=O) groups excluding carboxylic acids is 1. The predicted octanol–water partition coefficient (Wildman–Crippen LogP) is 2.62. The molecule has 2 aromatic rings. The molecule has 1 atom stereocenters. The van der Waals surface area contributed by atoms with Gasteiger partial charge >= 0.3 is 0 Å². The Morgan fingerprint density at radius 2 is 2.05 bits per heavy atom. The largest absolute Gasteiger partial charge is 0.467 e. The topological polar surface area (TPSA) is 57.2 Å². The fourth-order valence-electron chi connectivity index (χ4n) is 2.02. The third-order valence-corrected chi connectivity index (χ3v) is 3.09. The van der Waals surface area contributed by atoms with Gasteiger partial charge in [-0.3, -0.25) is 4.79 Å². The molecule has 1 heterocycles. The lowest BCUT2D eigenvalue weighted by Gasteiger charge is -2.19. The summed E-state index contributed by atoms with van der Waals surface area (Å²) in [5, 5.41) is 9.21. The van der Waals surface area contributed by atoms with Crippen molar-refractivity contribution in [2.45, 2.75) is 13.0 Å². The summed E-state index contributed by atoms with van der Waals surface area (Å²) in [7, 11) is 1.68. The molecule has 20 heavy (non-hydrogen) atoms. The van der Waals surface area contributed by atoms with Crippen molar-refractivity contribution in [3.05, 3.63) is 60.1 Å². The minimum atomic E-state index is -0.669. The second-order valence-corrected chi connectivity index (χ2v) is 4.65. The Morgan fingerprint density at radius 3 is 2.65 bits per heavy atom. The minimum Gasteiger partial charge on any atom is -0.467 e. The van der Waals surface area contributed by atoms with Crippen LogP contribution in [0.4, 0.5) is 0 Å². The van der Waals surface area contributed by atoms with Crippen molar-refractivity contribution in [1.82, 2.24) is 4.90 Å². The Kier molecular flexibility index (Phi) is 4.56. The van der Waals surface area contributed by atoms with Crippen molar-refractivity contribution >= 4 is 5.91 Å². The Morgan fingerprint density at radius 1 is 1.30 bits per heavy atom. The molecule has 0 saturated heterocycles. The van der Waals surface area contributed by atoms with E-state index in [9.17, 15) is 10.1 Å². The average Bonchev–Trinajstić information content (AvgIpc) is 2.98. The maximum atomic E-state index is 12.3. The van der Waals surface area contributed by atoms with Gasteiger partial charge in [0, 0.05) is 7.05 Å². The number of amides is 1. The summed E-state index contributed by atoms with van der Waals surface area (Å²) in [6.07, 6.45) is 2.00. The SMILES string of the molecule is CN(Cc1ccco1)C(=O)C(C#N)Cc1ccccc1. The first kappa shape index (κ1) is 13.9. The van der Waals surface area contributed by atoms with Crippen LogP contribution in [0.15, 0.2) is 53.1 Å². The maximum absolute atomic E-state index is 12.3. The Bertz CT molecular complexity index is 585. The zero-order chi connectivity index (χ0) is 14.4. The second kappa shape index (κ2) is 6.58. The van der Waals surface area contributed by atoms with Crippen molar-refractivity contribution in [3.63, 3.8) is 0 Å². The van der Waals surface area contributed by atoms with Gasteiger partial charge in [0.15, 0.2) is 0 Å². The van der Waals surface area contributed by atoms with Crippen LogP contribution >= 0.6 is 0 Å². The number of hydrogen-bond donors (Lipinski definition) is 0. The van der Waals surface area contributed by atoms with Gasteiger partial charge in [-0.25, -0.2) is 0 Å². The van der Waals surface area contributed by atoms with Gasteiger partial charge in [0.2, 0.25) is 5.91 Å². The number of rotatable bonds is 5. The smallest absolute Gasteiger partial charge is 0.240 e. The molecule has 1 amide bonds. The lowest BCUT2D eigenvalue weighted by molar-refractivity contribution is -0.133. The van der Waals surface area contributed by atoms with Crippen LogP contribution in [0.1, 0.15) is 11.3 Å². The van der Waals surface area contributed by atoms with Gasteiger partial charge < -0.3 is 9.32 Å². The third-order valence-electron chi connectivity index (χ3n) is 3.09. The number of nitrogens with zero attached hydrogens (tertiary/aromatic N) is 2. The highest BCUT2D eigenvalue weighted by molar-refractivity contribution is 5.81. The third kappa shape index (κ3) is 3.48. The van der Waals surface area contributed by atoms with Crippen LogP contribution in [0, 0.1) is 17.2 Å². The standard InChI is InChI=1S/C16H16N2O2/c1-18(12-15-8-5-9-20-15)16(19)14(11-17)10-13-6-3-2-4-7-13/h2-9,14H,10,12H2,1H3. The molecule has 0 aliphatic heterocycles. The molecule has 1 unspecified atom stereocenters. The number of hydrogen-bond acceptors (Lipinski definition) is 3. The molecule has 0 N–H and O–H groups in total. The summed E-state index contributed by atoms with van der Waals surface area (Å²) in [4.78, 5) is 13.8. The highest BCUT2D eigenvalue weighted by atomic mass is 16.3. The first-order chi connectivity index (χ1) is 9.70. The Hall–Kier alpha value is -2.54. The molecule has 0 aliphatic rings. The number of nitriles is 1. The fraction of sp³-hybridized carbons (Fsp3) is 0.250.